The van der Waals surface area contributed by atoms with Crippen LogP contribution >= 0.6 is 0 Å². The number of ether oxygens (including phenoxy) is 1. The van der Waals surface area contributed by atoms with Crippen molar-refractivity contribution in [2.45, 2.75) is 70.0 Å². The second kappa shape index (κ2) is 10.1. The predicted octanol–water partition coefficient (Wildman–Crippen LogP) is 4.71. The Kier molecular flexibility index (Phi) is 7.42. The van der Waals surface area contributed by atoms with Crippen molar-refractivity contribution >= 4 is 20.1 Å². The molecule has 5 atom stereocenters. The van der Waals surface area contributed by atoms with Crippen LogP contribution in [0.1, 0.15) is 71.8 Å². The zero-order valence-electron chi connectivity index (χ0n) is 22.4. The molecule has 194 valence electrons. The Morgan fingerprint density at radius 2 is 1.69 bits per heavy atom. The molecule has 0 saturated heterocycles. The summed E-state index contributed by atoms with van der Waals surface area (Å²) in [5, 5.41) is 6.01. The summed E-state index contributed by atoms with van der Waals surface area (Å²) in [6.45, 7) is 11.4. The van der Waals surface area contributed by atoms with Crippen LogP contribution in [0.4, 0.5) is 0 Å². The van der Waals surface area contributed by atoms with E-state index in [1.54, 1.807) is 26.3 Å². The van der Waals surface area contributed by atoms with Crippen LogP contribution in [0.15, 0.2) is 42.5 Å². The fourth-order valence-electron chi connectivity index (χ4n) is 5.05. The average Bonchev–Trinajstić information content (AvgIpc) is 3.27. The summed E-state index contributed by atoms with van der Waals surface area (Å²) in [6, 6.07) is 13.1. The fourth-order valence-corrected chi connectivity index (χ4v) is 6.43. The number of methoxy groups -OCH3 is 1. The molecule has 1 heterocycles. The van der Waals surface area contributed by atoms with Crippen LogP contribution in [0.2, 0.25) is 18.1 Å². The van der Waals surface area contributed by atoms with E-state index in [4.69, 9.17) is 9.16 Å². The van der Waals surface area contributed by atoms with Gasteiger partial charge < -0.3 is 19.8 Å². The third-order valence-electron chi connectivity index (χ3n) is 8.14. The number of nitrogens with one attached hydrogen (secondary N) is 2. The Bertz CT molecular complexity index is 1100. The van der Waals surface area contributed by atoms with Gasteiger partial charge in [0.1, 0.15) is 11.8 Å². The van der Waals surface area contributed by atoms with E-state index in [9.17, 15) is 9.59 Å². The molecular formula is C28H39N3O4Si. The molecule has 36 heavy (non-hydrogen) atoms. The third-order valence-corrected chi connectivity index (χ3v) is 12.7. The summed E-state index contributed by atoms with van der Waals surface area (Å²) in [5.41, 5.74) is 2.03. The lowest BCUT2D eigenvalue weighted by atomic mass is 10.0. The predicted molar refractivity (Wildman–Crippen MR) is 142 cm³/mol. The number of hydrogen-bond acceptors (Lipinski definition) is 5. The minimum atomic E-state index is -1.80. The van der Waals surface area contributed by atoms with Crippen LogP contribution in [0.25, 0.3) is 0 Å². The van der Waals surface area contributed by atoms with E-state index < -0.39 is 14.4 Å². The molecule has 1 aromatic heterocycles. The van der Waals surface area contributed by atoms with E-state index in [1.165, 1.54) is 0 Å². The van der Waals surface area contributed by atoms with Crippen molar-refractivity contribution in [1.82, 2.24) is 15.6 Å². The number of carbonyl (C=O) groups is 2. The highest BCUT2D eigenvalue weighted by molar-refractivity contribution is 6.74. The Morgan fingerprint density at radius 1 is 1.06 bits per heavy atom. The van der Waals surface area contributed by atoms with E-state index in [-0.39, 0.29) is 34.7 Å². The van der Waals surface area contributed by atoms with Gasteiger partial charge in [0, 0.05) is 31.9 Å². The lowest BCUT2D eigenvalue weighted by molar-refractivity contribution is 0.0937. The number of benzene rings is 1. The number of hydrogen-bond donors (Lipinski definition) is 2. The summed E-state index contributed by atoms with van der Waals surface area (Å²) in [7, 11) is 1.35. The number of pyridine rings is 1. The van der Waals surface area contributed by atoms with Gasteiger partial charge in [-0.05, 0) is 60.5 Å². The Morgan fingerprint density at radius 3 is 2.25 bits per heavy atom. The average molecular weight is 510 g/mol. The van der Waals surface area contributed by atoms with E-state index in [0.29, 0.717) is 23.1 Å². The molecule has 2 fully saturated rings. The Hall–Kier alpha value is -2.55. The molecule has 0 spiro atoms. The molecule has 2 aliphatic rings. The molecule has 2 N–H and O–H groups in total. The molecule has 4 rings (SSSR count). The van der Waals surface area contributed by atoms with Gasteiger partial charge in [-0.15, -0.1) is 0 Å². The monoisotopic (exact) mass is 509 g/mol. The minimum absolute atomic E-state index is 0.157. The SMILES string of the molecule is CNC(=O)c1cc(C(=O)NC2[C@H]3CC(O[Si](C)(C)C(C)(C)C)C[C@@H]23)cc(C(OC)c2ccccc2)n1. The van der Waals surface area contributed by atoms with Crippen LogP contribution in [0, 0.1) is 11.8 Å². The van der Waals surface area contributed by atoms with Gasteiger partial charge in [0.2, 0.25) is 0 Å². The number of amides is 2. The highest BCUT2D eigenvalue weighted by atomic mass is 28.4. The van der Waals surface area contributed by atoms with Gasteiger partial charge in [0.05, 0.1) is 5.69 Å². The first-order valence-electron chi connectivity index (χ1n) is 12.8. The number of carbonyl (C=O) groups excluding carboxylic acids is 2. The summed E-state index contributed by atoms with van der Waals surface area (Å²) in [5.74, 6) is 0.384. The van der Waals surface area contributed by atoms with Crippen LogP contribution in [-0.2, 0) is 9.16 Å². The summed E-state index contributed by atoms with van der Waals surface area (Å²) >= 11 is 0. The molecule has 1 aromatic carbocycles. The maximum atomic E-state index is 13.3. The van der Waals surface area contributed by atoms with Crippen molar-refractivity contribution in [3.8, 4) is 0 Å². The quantitative estimate of drug-likeness (QED) is 0.503. The molecule has 2 saturated carbocycles. The smallest absolute Gasteiger partial charge is 0.269 e. The van der Waals surface area contributed by atoms with Crippen molar-refractivity contribution in [1.29, 1.82) is 0 Å². The lowest BCUT2D eigenvalue weighted by Gasteiger charge is -2.39. The first-order chi connectivity index (χ1) is 16.9. The van der Waals surface area contributed by atoms with Gasteiger partial charge in [-0.2, -0.15) is 0 Å². The summed E-state index contributed by atoms with van der Waals surface area (Å²) < 4.78 is 12.3. The van der Waals surface area contributed by atoms with Crippen LogP contribution in [0.5, 0.6) is 0 Å². The molecule has 0 aliphatic heterocycles. The highest BCUT2D eigenvalue weighted by Crippen LogP contribution is 2.54. The molecule has 7 nitrogen and oxygen atoms in total. The van der Waals surface area contributed by atoms with E-state index in [2.05, 4.69) is 49.5 Å². The topological polar surface area (TPSA) is 89.6 Å². The number of rotatable bonds is 8. The standard InChI is InChI=1S/C28H39N3O4Si/c1-28(2,3)36(6,7)35-19-15-20-21(16-19)24(20)31-26(32)18-13-22(30-23(14-18)27(33)29-4)25(34-5)17-11-9-8-10-12-17/h8-14,19-21,24-25H,15-16H2,1-7H3,(H,29,33)(H,31,32)/t19?,20-,21+,24?,25?. The van der Waals surface area contributed by atoms with E-state index in [0.717, 1.165) is 18.4 Å². The second-order valence-electron chi connectivity index (χ2n) is 11.6. The molecule has 0 radical (unpaired) electrons. The zero-order valence-corrected chi connectivity index (χ0v) is 23.4. The van der Waals surface area contributed by atoms with Crippen molar-refractivity contribution in [3.63, 3.8) is 0 Å². The van der Waals surface area contributed by atoms with Crippen LogP contribution < -0.4 is 10.6 Å². The lowest BCUT2D eigenvalue weighted by Crippen LogP contribution is -2.44. The third kappa shape index (κ3) is 5.40. The number of aromatic nitrogens is 1. The van der Waals surface area contributed by atoms with E-state index >= 15 is 0 Å². The van der Waals surface area contributed by atoms with Crippen molar-refractivity contribution in [3.05, 3.63) is 65.0 Å². The molecule has 2 aliphatic carbocycles. The van der Waals surface area contributed by atoms with E-state index in [1.807, 2.05) is 30.3 Å². The maximum absolute atomic E-state index is 13.3. The van der Waals surface area contributed by atoms with Crippen LogP contribution in [-0.4, -0.2) is 51.4 Å². The summed E-state index contributed by atoms with van der Waals surface area (Å²) in [4.78, 5) is 30.3. The van der Waals surface area contributed by atoms with Crippen molar-refractivity contribution < 1.29 is 18.8 Å². The summed E-state index contributed by atoms with van der Waals surface area (Å²) in [6.07, 6.45) is 1.78. The highest BCUT2D eigenvalue weighted by Gasteiger charge is 2.58. The van der Waals surface area contributed by atoms with Gasteiger partial charge in [0.25, 0.3) is 11.8 Å². The zero-order chi connectivity index (χ0) is 26.3. The van der Waals surface area contributed by atoms with Gasteiger partial charge in [0.15, 0.2) is 8.32 Å². The second-order valence-corrected chi connectivity index (χ2v) is 16.3. The van der Waals surface area contributed by atoms with Gasteiger partial charge in [-0.1, -0.05) is 51.1 Å². The first-order valence-corrected chi connectivity index (χ1v) is 15.7. The minimum Gasteiger partial charge on any atom is -0.414 e. The first kappa shape index (κ1) is 26.5. The Labute approximate surface area is 215 Å². The van der Waals surface area contributed by atoms with Crippen molar-refractivity contribution in [2.75, 3.05) is 14.2 Å². The molecule has 8 heteroatoms. The van der Waals surface area contributed by atoms with Gasteiger partial charge >= 0.3 is 0 Å². The molecule has 2 aromatic rings. The largest absolute Gasteiger partial charge is 0.414 e. The fraction of sp³-hybridized carbons (Fsp3) is 0.536. The number of fused-ring (bicyclic) bond motifs is 1. The number of nitrogens with zero attached hydrogens (tertiary/aromatic N) is 1. The normalized spacial score (nSPS) is 24.1. The van der Waals surface area contributed by atoms with Crippen LogP contribution in [0.3, 0.4) is 0 Å². The molecular weight excluding hydrogens is 470 g/mol. The van der Waals surface area contributed by atoms with Gasteiger partial charge in [-0.3, -0.25) is 9.59 Å². The maximum Gasteiger partial charge on any atom is 0.269 e. The van der Waals surface area contributed by atoms with Gasteiger partial charge in [-0.25, -0.2) is 4.98 Å². The molecule has 3 unspecified atom stereocenters. The Balaban J connectivity index is 1.47. The molecule has 0 bridgehead atoms. The molecule has 2 amide bonds. The van der Waals surface area contributed by atoms with Crippen molar-refractivity contribution in [2.24, 2.45) is 11.8 Å².